The molecule has 0 saturated heterocycles. The Kier molecular flexibility index (Phi) is 38.5. The Morgan fingerprint density at radius 2 is 0.769 bits per heavy atom. The molecule has 52 heavy (non-hydrogen) atoms. The lowest BCUT2D eigenvalue weighted by Gasteiger charge is -2.33. The Balaban J connectivity index is 5.81. The van der Waals surface area contributed by atoms with Crippen LogP contribution in [0.4, 0.5) is 0 Å². The summed E-state index contributed by atoms with van der Waals surface area (Å²) in [6, 6.07) is 0. The third kappa shape index (κ3) is 24.8. The van der Waals surface area contributed by atoms with E-state index in [1.807, 2.05) is 0 Å². The minimum atomic E-state index is -1.64. The number of hydrogen-bond donors (Lipinski definition) is 0. The first kappa shape index (κ1) is 52.3. The van der Waals surface area contributed by atoms with E-state index in [9.17, 15) is 16.8 Å². The largest absolute Gasteiger partial charge is 0.257 e. The lowest BCUT2D eigenvalue weighted by Crippen LogP contribution is -2.54. The van der Waals surface area contributed by atoms with Crippen LogP contribution in [0.5, 0.6) is 0 Å². The van der Waals surface area contributed by atoms with Crippen molar-refractivity contribution >= 4 is 48.5 Å². The molecule has 0 bridgehead atoms. The molecule has 8 heteroatoms. The average molecular weight is 809 g/mol. The fraction of sp³-hybridized carbons (Fsp3) is 0.977. The van der Waals surface area contributed by atoms with Crippen LogP contribution in [0.2, 0.25) is 0 Å². The minimum absolute atomic E-state index is 0.227. The summed E-state index contributed by atoms with van der Waals surface area (Å²) in [4.78, 5) is 0.470. The van der Waals surface area contributed by atoms with Gasteiger partial charge >= 0.3 is 0 Å². The number of hydrogen-bond acceptors (Lipinski definition) is 4. The second-order valence-electron chi connectivity index (χ2n) is 15.7. The van der Waals surface area contributed by atoms with Crippen LogP contribution in [0.3, 0.4) is 0 Å². The second kappa shape index (κ2) is 38.2. The van der Waals surface area contributed by atoms with E-state index in [-0.39, 0.29) is 5.92 Å². The van der Waals surface area contributed by atoms with E-state index in [2.05, 4.69) is 34.6 Å². The Morgan fingerprint density at radius 3 is 1.10 bits per heavy atom. The maximum Gasteiger partial charge on any atom is 0.227 e. The van der Waals surface area contributed by atoms with Gasteiger partial charge in [0, 0.05) is 17.3 Å². The molecule has 5 atom stereocenters. The third-order valence-electron chi connectivity index (χ3n) is 10.9. The van der Waals surface area contributed by atoms with Crippen molar-refractivity contribution in [3.05, 3.63) is 0 Å². The molecule has 0 aromatic heterocycles. The van der Waals surface area contributed by atoms with Crippen molar-refractivity contribution in [2.75, 3.05) is 17.3 Å². The summed E-state index contributed by atoms with van der Waals surface area (Å²) in [6.07, 6.45) is 37.5. The first-order chi connectivity index (χ1) is 25.4. The van der Waals surface area contributed by atoms with Crippen LogP contribution in [-0.2, 0) is 43.7 Å². The van der Waals surface area contributed by atoms with Crippen molar-refractivity contribution in [3.8, 4) is 0 Å². The third-order valence-corrected chi connectivity index (χ3v) is 20.0. The molecule has 0 N–H and O–H groups in total. The van der Waals surface area contributed by atoms with Gasteiger partial charge in [-0.3, -0.25) is 12.6 Å². The second-order valence-corrected chi connectivity index (χ2v) is 22.2. The highest BCUT2D eigenvalue weighted by Gasteiger charge is 2.52. The van der Waals surface area contributed by atoms with Gasteiger partial charge in [-0.2, -0.15) is 0 Å². The normalized spacial score (nSPS) is 15.2. The predicted molar refractivity (Wildman–Crippen MR) is 239 cm³/mol. The summed E-state index contributed by atoms with van der Waals surface area (Å²) in [6.45, 7) is 11.1. The lowest BCUT2D eigenvalue weighted by molar-refractivity contribution is 0.494. The molecule has 0 fully saturated rings. The molecule has 0 heterocycles. The molecular formula is C44H88O4S4. The van der Waals surface area contributed by atoms with Gasteiger partial charge in [0.05, 0.1) is 48.5 Å². The van der Waals surface area contributed by atoms with Crippen molar-refractivity contribution in [3.63, 3.8) is 0 Å². The Morgan fingerprint density at radius 1 is 0.442 bits per heavy atom. The minimum Gasteiger partial charge on any atom is -0.257 e. The SMILES string of the molecule is CCCCCCCCCCCCCCC(=S=O)C(S(=O)CCCCCCCC)(S(=O)CCCCCCCCCCCC)S(=O)CC(CC)CCCC. The van der Waals surface area contributed by atoms with Gasteiger partial charge in [0.25, 0.3) is 0 Å². The summed E-state index contributed by atoms with van der Waals surface area (Å²) in [7, 11) is -4.89. The van der Waals surface area contributed by atoms with Gasteiger partial charge in [0.15, 0.2) is 0 Å². The van der Waals surface area contributed by atoms with Crippen LogP contribution in [0.1, 0.15) is 247 Å². The van der Waals surface area contributed by atoms with Gasteiger partial charge in [0.2, 0.25) is 3.41 Å². The molecule has 0 rings (SSSR count). The molecule has 4 nitrogen and oxygen atoms in total. The molecule has 0 amide bonds. The standard InChI is InChI=1S/C44H88O4S4/c1-6-11-15-18-21-23-25-26-27-29-31-34-38-43(49-45)44(50(46)39-35-32-20-17-13-8-3,52(48)41-42(10-5)37-14-9-4)51(47)40-36-33-30-28-24-22-19-16-12-7-2/h42H,6-41H2,1-5H3. The fourth-order valence-electron chi connectivity index (χ4n) is 7.29. The van der Waals surface area contributed by atoms with E-state index in [0.717, 1.165) is 83.5 Å². The zero-order valence-electron chi connectivity index (χ0n) is 35.3. The molecule has 0 aliphatic heterocycles. The molecule has 5 unspecified atom stereocenters. The summed E-state index contributed by atoms with van der Waals surface area (Å²) in [5, 5.41) is 0. The Hall–Kier alpha value is 0.340. The van der Waals surface area contributed by atoms with Gasteiger partial charge < -0.3 is 0 Å². The Bertz CT molecular complexity index is 935. The van der Waals surface area contributed by atoms with Crippen LogP contribution < -0.4 is 0 Å². The highest BCUT2D eigenvalue weighted by molar-refractivity contribution is 8.22. The smallest absolute Gasteiger partial charge is 0.227 e. The molecule has 0 aliphatic carbocycles. The van der Waals surface area contributed by atoms with Gasteiger partial charge in [-0.25, -0.2) is 4.21 Å². The van der Waals surface area contributed by atoms with E-state index in [4.69, 9.17) is 0 Å². The maximum atomic E-state index is 14.8. The van der Waals surface area contributed by atoms with E-state index in [1.54, 1.807) is 0 Å². The average Bonchev–Trinajstić information content (AvgIpc) is 3.15. The first-order valence-corrected chi connectivity index (χ1v) is 27.4. The maximum absolute atomic E-state index is 14.8. The number of unbranched alkanes of at least 4 members (excludes halogenated alkanes) is 26. The quantitative estimate of drug-likeness (QED) is 0.0456. The predicted octanol–water partition coefficient (Wildman–Crippen LogP) is 13.9. The molecule has 0 radical (unpaired) electrons. The summed E-state index contributed by atoms with van der Waals surface area (Å²) in [5.74, 6) is 1.39. The van der Waals surface area contributed by atoms with E-state index < -0.39 is 35.8 Å². The number of rotatable bonds is 41. The van der Waals surface area contributed by atoms with Crippen LogP contribution in [-0.4, -0.2) is 42.4 Å². The summed E-state index contributed by atoms with van der Waals surface area (Å²) in [5.41, 5.74) is 0. The molecule has 0 aliphatic rings. The first-order valence-electron chi connectivity index (χ1n) is 22.7. The van der Waals surface area contributed by atoms with Crippen LogP contribution in [0.25, 0.3) is 0 Å². The van der Waals surface area contributed by atoms with Gasteiger partial charge in [-0.15, -0.1) is 0 Å². The van der Waals surface area contributed by atoms with Crippen molar-refractivity contribution in [2.24, 2.45) is 5.92 Å². The van der Waals surface area contributed by atoms with Crippen molar-refractivity contribution in [1.29, 1.82) is 0 Å². The van der Waals surface area contributed by atoms with Crippen LogP contribution >= 0.6 is 0 Å². The lowest BCUT2D eigenvalue weighted by atomic mass is 10.0. The molecule has 0 aromatic rings. The van der Waals surface area contributed by atoms with Crippen molar-refractivity contribution in [2.45, 2.75) is 250 Å². The molecule has 0 spiro atoms. The molecule has 0 aromatic carbocycles. The summed E-state index contributed by atoms with van der Waals surface area (Å²) >= 11 is 0.393. The van der Waals surface area contributed by atoms with E-state index in [1.165, 1.54) is 122 Å². The molecular weight excluding hydrogens is 721 g/mol. The highest BCUT2D eigenvalue weighted by Crippen LogP contribution is 2.33. The molecule has 0 saturated carbocycles. The fourth-order valence-corrected chi connectivity index (χ4v) is 16.2. The van der Waals surface area contributed by atoms with E-state index >= 15 is 0 Å². The zero-order chi connectivity index (χ0) is 38.5. The van der Waals surface area contributed by atoms with Gasteiger partial charge in [-0.1, -0.05) is 214 Å². The van der Waals surface area contributed by atoms with Gasteiger partial charge in [0.1, 0.15) is 0 Å². The van der Waals surface area contributed by atoms with Gasteiger partial charge in [-0.05, 0) is 38.0 Å². The van der Waals surface area contributed by atoms with Crippen molar-refractivity contribution < 1.29 is 16.8 Å². The van der Waals surface area contributed by atoms with Crippen LogP contribution in [0, 0.1) is 5.92 Å². The van der Waals surface area contributed by atoms with Crippen molar-refractivity contribution in [1.82, 2.24) is 0 Å². The van der Waals surface area contributed by atoms with E-state index in [0.29, 0.717) is 39.8 Å². The highest BCUT2D eigenvalue weighted by atomic mass is 32.3. The zero-order valence-corrected chi connectivity index (χ0v) is 38.6. The summed E-state index contributed by atoms with van der Waals surface area (Å²) < 4.78 is 55.8. The monoisotopic (exact) mass is 809 g/mol. The Labute approximate surface area is 336 Å². The molecule has 312 valence electrons. The topological polar surface area (TPSA) is 68.3 Å². The van der Waals surface area contributed by atoms with Crippen LogP contribution in [0.15, 0.2) is 0 Å².